The quantitative estimate of drug-likeness (QED) is 0.517. The van der Waals surface area contributed by atoms with Crippen molar-refractivity contribution in [3.8, 4) is 0 Å². The van der Waals surface area contributed by atoms with E-state index in [0.717, 1.165) is 18.5 Å². The SMILES string of the molecule is CCC(C[NH+](C)C)C(=O)c1ccccc1.O=C([O-])/C=C/C(=O)O. The van der Waals surface area contributed by atoms with Gasteiger partial charge in [0, 0.05) is 11.6 Å². The van der Waals surface area contributed by atoms with Crippen LogP contribution in [0.25, 0.3) is 0 Å². The fraction of sp³-hybridized carbons (Fsp3) is 0.353. The number of nitrogens with one attached hydrogen (secondary N) is 1. The lowest BCUT2D eigenvalue weighted by Crippen LogP contribution is -3.06. The minimum Gasteiger partial charge on any atom is -0.545 e. The van der Waals surface area contributed by atoms with Gasteiger partial charge in [0.1, 0.15) is 0 Å². The summed E-state index contributed by atoms with van der Waals surface area (Å²) < 4.78 is 0. The first-order valence-electron chi connectivity index (χ1n) is 7.28. The van der Waals surface area contributed by atoms with E-state index in [1.807, 2.05) is 30.3 Å². The summed E-state index contributed by atoms with van der Waals surface area (Å²) in [7, 11) is 4.17. The first kappa shape index (κ1) is 20.5. The van der Waals surface area contributed by atoms with Crippen molar-refractivity contribution in [2.45, 2.75) is 13.3 Å². The number of carboxylic acid groups (broad SMARTS) is 2. The summed E-state index contributed by atoms with van der Waals surface area (Å²) in [6, 6.07) is 9.58. The molecule has 23 heavy (non-hydrogen) atoms. The highest BCUT2D eigenvalue weighted by Gasteiger charge is 2.20. The van der Waals surface area contributed by atoms with E-state index in [-0.39, 0.29) is 11.7 Å². The zero-order chi connectivity index (χ0) is 17.8. The molecule has 126 valence electrons. The third kappa shape index (κ3) is 9.97. The molecular weight excluding hydrogens is 298 g/mol. The predicted octanol–water partition coefficient (Wildman–Crippen LogP) is -0.583. The summed E-state index contributed by atoms with van der Waals surface area (Å²) in [5.74, 6) is -2.38. The zero-order valence-corrected chi connectivity index (χ0v) is 13.6. The van der Waals surface area contributed by atoms with Crippen molar-refractivity contribution >= 4 is 17.7 Å². The number of carboxylic acids is 2. The molecule has 6 nitrogen and oxygen atoms in total. The number of rotatable bonds is 7. The molecule has 0 fully saturated rings. The summed E-state index contributed by atoms with van der Waals surface area (Å²) in [4.78, 5) is 32.4. The summed E-state index contributed by atoms with van der Waals surface area (Å²) in [6.45, 7) is 2.98. The second kappa shape index (κ2) is 11.1. The number of hydrogen-bond donors (Lipinski definition) is 2. The molecular formula is C17H23NO5. The van der Waals surface area contributed by atoms with Gasteiger partial charge >= 0.3 is 5.97 Å². The van der Waals surface area contributed by atoms with E-state index in [9.17, 15) is 19.5 Å². The number of carbonyl (C=O) groups excluding carboxylic acids is 2. The molecule has 0 bridgehead atoms. The minimum absolute atomic E-state index is 0.150. The number of quaternary nitrogens is 1. The molecule has 1 unspecified atom stereocenters. The Labute approximate surface area is 136 Å². The fourth-order valence-corrected chi connectivity index (χ4v) is 1.89. The summed E-state index contributed by atoms with van der Waals surface area (Å²) in [6.07, 6.45) is 1.86. The number of hydrogen-bond acceptors (Lipinski definition) is 4. The predicted molar refractivity (Wildman–Crippen MR) is 84.0 cm³/mol. The van der Waals surface area contributed by atoms with Gasteiger partial charge in [-0.25, -0.2) is 4.79 Å². The third-order valence-electron chi connectivity index (χ3n) is 2.94. The van der Waals surface area contributed by atoms with Crippen molar-refractivity contribution in [1.82, 2.24) is 0 Å². The van der Waals surface area contributed by atoms with Gasteiger partial charge in [-0.3, -0.25) is 4.79 Å². The molecule has 0 aliphatic carbocycles. The van der Waals surface area contributed by atoms with E-state index >= 15 is 0 Å². The normalized spacial score (nSPS) is 11.7. The molecule has 1 atom stereocenters. The van der Waals surface area contributed by atoms with Gasteiger partial charge in [-0.15, -0.1) is 0 Å². The van der Waals surface area contributed by atoms with Crippen LogP contribution in [-0.4, -0.2) is 43.5 Å². The van der Waals surface area contributed by atoms with Crippen molar-refractivity contribution in [3.63, 3.8) is 0 Å². The van der Waals surface area contributed by atoms with Crippen LogP contribution in [0.2, 0.25) is 0 Å². The molecule has 0 saturated heterocycles. The van der Waals surface area contributed by atoms with Crippen molar-refractivity contribution in [2.24, 2.45) is 5.92 Å². The van der Waals surface area contributed by atoms with Crippen LogP contribution in [0.1, 0.15) is 23.7 Å². The molecule has 1 aromatic carbocycles. The molecule has 0 radical (unpaired) electrons. The molecule has 0 saturated carbocycles. The number of benzene rings is 1. The molecule has 0 heterocycles. The van der Waals surface area contributed by atoms with Crippen molar-refractivity contribution < 1.29 is 29.5 Å². The Morgan fingerprint density at radius 3 is 2.09 bits per heavy atom. The van der Waals surface area contributed by atoms with Gasteiger partial charge in [0.2, 0.25) is 0 Å². The maximum absolute atomic E-state index is 12.1. The number of ketones is 1. The third-order valence-corrected chi connectivity index (χ3v) is 2.94. The van der Waals surface area contributed by atoms with Gasteiger partial charge in [0.15, 0.2) is 5.78 Å². The molecule has 1 rings (SSSR count). The monoisotopic (exact) mass is 321 g/mol. The van der Waals surface area contributed by atoms with E-state index in [1.165, 1.54) is 4.90 Å². The van der Waals surface area contributed by atoms with Crippen LogP contribution in [0.3, 0.4) is 0 Å². The Balaban J connectivity index is 0.000000515. The van der Waals surface area contributed by atoms with Crippen LogP contribution in [0.5, 0.6) is 0 Å². The Hall–Kier alpha value is -2.47. The second-order valence-corrected chi connectivity index (χ2v) is 5.24. The van der Waals surface area contributed by atoms with Gasteiger partial charge in [0.25, 0.3) is 0 Å². The first-order chi connectivity index (χ1) is 10.8. The molecule has 6 heteroatoms. The minimum atomic E-state index is -1.51. The highest BCUT2D eigenvalue weighted by atomic mass is 16.4. The van der Waals surface area contributed by atoms with Gasteiger partial charge in [-0.05, 0) is 12.5 Å². The van der Waals surface area contributed by atoms with E-state index in [1.54, 1.807) is 0 Å². The van der Waals surface area contributed by atoms with Crippen LogP contribution in [0, 0.1) is 5.92 Å². The van der Waals surface area contributed by atoms with Crippen LogP contribution in [0.4, 0.5) is 0 Å². The number of carbonyl (C=O) groups is 3. The van der Waals surface area contributed by atoms with Crippen LogP contribution in [-0.2, 0) is 9.59 Å². The summed E-state index contributed by atoms with van der Waals surface area (Å²) >= 11 is 0. The van der Waals surface area contributed by atoms with E-state index < -0.39 is 11.9 Å². The number of Topliss-reactive ketones (excluding diaryl/α,β-unsaturated/α-hetero) is 1. The average Bonchev–Trinajstić information content (AvgIpc) is 2.51. The van der Waals surface area contributed by atoms with Gasteiger partial charge in [-0.1, -0.05) is 37.3 Å². The van der Waals surface area contributed by atoms with Crippen LogP contribution < -0.4 is 10.0 Å². The molecule has 0 amide bonds. The van der Waals surface area contributed by atoms with E-state index in [0.29, 0.717) is 12.2 Å². The Morgan fingerprint density at radius 2 is 1.74 bits per heavy atom. The lowest BCUT2D eigenvalue weighted by Gasteiger charge is -2.16. The maximum atomic E-state index is 12.1. The lowest BCUT2D eigenvalue weighted by atomic mass is 9.95. The standard InChI is InChI=1S/C13H19NO.C4H4O4/c1-4-11(10-14(2)3)13(15)12-8-6-5-7-9-12;5-3(6)1-2-4(7)8/h5-9,11H,4,10H2,1-3H3;1-2H,(H,5,6)(H,7,8)/b;2-1+. The summed E-state index contributed by atoms with van der Waals surface area (Å²) in [5, 5.41) is 17.2. The average molecular weight is 321 g/mol. The second-order valence-electron chi connectivity index (χ2n) is 5.24. The van der Waals surface area contributed by atoms with Crippen molar-refractivity contribution in [2.75, 3.05) is 20.6 Å². The molecule has 0 aromatic heterocycles. The number of aliphatic carboxylic acids is 2. The highest BCUT2D eigenvalue weighted by molar-refractivity contribution is 5.97. The topological polar surface area (TPSA) is 98.9 Å². The van der Waals surface area contributed by atoms with Crippen LogP contribution >= 0.6 is 0 Å². The Kier molecular flexibility index (Phi) is 9.95. The largest absolute Gasteiger partial charge is 0.545 e. The van der Waals surface area contributed by atoms with Crippen molar-refractivity contribution in [1.29, 1.82) is 0 Å². The van der Waals surface area contributed by atoms with Gasteiger partial charge in [0.05, 0.1) is 32.5 Å². The van der Waals surface area contributed by atoms with Gasteiger partial charge in [-0.2, -0.15) is 0 Å². The smallest absolute Gasteiger partial charge is 0.328 e. The summed E-state index contributed by atoms with van der Waals surface area (Å²) in [5.41, 5.74) is 0.839. The highest BCUT2D eigenvalue weighted by Crippen LogP contribution is 2.10. The molecule has 0 aliphatic heterocycles. The van der Waals surface area contributed by atoms with E-state index in [2.05, 4.69) is 21.0 Å². The first-order valence-corrected chi connectivity index (χ1v) is 7.28. The molecule has 0 aliphatic rings. The van der Waals surface area contributed by atoms with Crippen molar-refractivity contribution in [3.05, 3.63) is 48.0 Å². The van der Waals surface area contributed by atoms with E-state index in [4.69, 9.17) is 5.11 Å². The Bertz CT molecular complexity index is 521. The molecule has 1 aromatic rings. The van der Waals surface area contributed by atoms with Gasteiger partial charge < -0.3 is 19.9 Å². The Morgan fingerprint density at radius 1 is 1.17 bits per heavy atom. The zero-order valence-electron chi connectivity index (χ0n) is 13.6. The molecule has 0 spiro atoms. The fourth-order valence-electron chi connectivity index (χ4n) is 1.89. The lowest BCUT2D eigenvalue weighted by molar-refractivity contribution is -0.860. The van der Waals surface area contributed by atoms with Crippen LogP contribution in [0.15, 0.2) is 42.5 Å². The maximum Gasteiger partial charge on any atom is 0.328 e. The molecule has 2 N–H and O–H groups in total.